The first-order valence-corrected chi connectivity index (χ1v) is 11.1. The van der Waals surface area contributed by atoms with Gasteiger partial charge in [-0.15, -0.1) is 0 Å². The van der Waals surface area contributed by atoms with Gasteiger partial charge in [-0.1, -0.05) is 24.3 Å². The number of rotatable bonds is 8. The van der Waals surface area contributed by atoms with Crippen LogP contribution in [0.25, 0.3) is 0 Å². The molecule has 0 atom stereocenters. The number of urea groups is 1. The van der Waals surface area contributed by atoms with Crippen molar-refractivity contribution in [2.45, 2.75) is 25.7 Å². The van der Waals surface area contributed by atoms with E-state index in [0.717, 1.165) is 0 Å². The fourth-order valence-corrected chi connectivity index (χ4v) is 4.52. The van der Waals surface area contributed by atoms with Crippen LogP contribution < -0.4 is 14.9 Å². The van der Waals surface area contributed by atoms with Crippen molar-refractivity contribution in [2.75, 3.05) is 24.0 Å². The number of carbonyl (C=O) groups is 3. The average Bonchev–Trinajstić information content (AvgIpc) is 2.73. The third kappa shape index (κ3) is 6.05. The van der Waals surface area contributed by atoms with Crippen molar-refractivity contribution in [3.8, 4) is 0 Å². The second-order valence-electron chi connectivity index (χ2n) is 6.47. The van der Waals surface area contributed by atoms with E-state index in [4.69, 9.17) is 4.74 Å². The lowest BCUT2D eigenvalue weighted by atomic mass is 10.1. The molecule has 0 fully saturated rings. The zero-order valence-corrected chi connectivity index (χ0v) is 18.4. The number of esters is 1. The molecule has 0 saturated carbocycles. The number of carbonyl (C=O) groups excluding carboxylic acids is 3. The Labute approximate surface area is 181 Å². The average molecular weight is 448 g/mol. The van der Waals surface area contributed by atoms with Crippen molar-refractivity contribution in [2.24, 2.45) is 0 Å². The van der Waals surface area contributed by atoms with E-state index in [1.165, 1.54) is 22.5 Å². The van der Waals surface area contributed by atoms with E-state index in [9.17, 15) is 22.8 Å². The van der Waals surface area contributed by atoms with Crippen LogP contribution in [0.2, 0.25) is 0 Å². The van der Waals surface area contributed by atoms with Gasteiger partial charge in [0.15, 0.2) is 6.61 Å². The van der Waals surface area contributed by atoms with Crippen molar-refractivity contribution >= 4 is 33.6 Å². The molecule has 10 heteroatoms. The first-order valence-electron chi connectivity index (χ1n) is 9.64. The van der Waals surface area contributed by atoms with E-state index in [1.54, 1.807) is 51.1 Å². The van der Waals surface area contributed by atoms with Crippen molar-refractivity contribution in [3.63, 3.8) is 0 Å². The van der Waals surface area contributed by atoms with Gasteiger partial charge < -0.3 is 10.1 Å². The predicted octanol–water partition coefficient (Wildman–Crippen LogP) is 2.21. The van der Waals surface area contributed by atoms with Crippen LogP contribution in [0.15, 0.2) is 53.4 Å². The van der Waals surface area contributed by atoms with Gasteiger partial charge in [-0.3, -0.25) is 14.4 Å². The summed E-state index contributed by atoms with van der Waals surface area (Å²) < 4.78 is 32.7. The van der Waals surface area contributed by atoms with Crippen molar-refractivity contribution in [1.82, 2.24) is 10.6 Å². The second-order valence-corrected chi connectivity index (χ2v) is 8.30. The summed E-state index contributed by atoms with van der Waals surface area (Å²) in [6.45, 7) is 4.87. The normalized spacial score (nSPS) is 10.8. The molecule has 0 aliphatic rings. The third-order valence-corrected chi connectivity index (χ3v) is 6.29. The van der Waals surface area contributed by atoms with Gasteiger partial charge in [0.2, 0.25) is 0 Å². The van der Waals surface area contributed by atoms with Crippen LogP contribution in [0.5, 0.6) is 0 Å². The van der Waals surface area contributed by atoms with Crippen LogP contribution in [-0.4, -0.2) is 46.0 Å². The summed E-state index contributed by atoms with van der Waals surface area (Å²) in [5, 5.41) is 4.38. The predicted molar refractivity (Wildman–Crippen MR) is 115 cm³/mol. The summed E-state index contributed by atoms with van der Waals surface area (Å²) in [7, 11) is -3.95. The Morgan fingerprint density at radius 2 is 1.71 bits per heavy atom. The van der Waals surface area contributed by atoms with Crippen molar-refractivity contribution in [3.05, 3.63) is 59.7 Å². The molecule has 0 unspecified atom stereocenters. The smallest absolute Gasteiger partial charge is 0.338 e. The Bertz CT molecular complexity index is 1050. The van der Waals surface area contributed by atoms with Gasteiger partial charge in [0.1, 0.15) is 0 Å². The molecule has 2 aromatic carbocycles. The minimum Gasteiger partial charge on any atom is -0.452 e. The highest BCUT2D eigenvalue weighted by Gasteiger charge is 2.26. The molecule has 0 aliphatic heterocycles. The number of benzene rings is 2. The standard InChI is InChI=1S/C21H25N3O6S/c1-4-22-21(27)23-19(25)14-30-20(26)16-12-11-15(3)18(13-16)31(28,29)24(5-2)17-9-7-6-8-10-17/h6-13H,4-5,14H2,1-3H3,(H2,22,23,25,27). The zero-order chi connectivity index (χ0) is 23.0. The lowest BCUT2D eigenvalue weighted by Gasteiger charge is -2.24. The second kappa shape index (κ2) is 10.6. The van der Waals surface area contributed by atoms with E-state index in [1.807, 2.05) is 5.32 Å². The Kier molecular flexibility index (Phi) is 8.14. The highest BCUT2D eigenvalue weighted by Crippen LogP contribution is 2.26. The molecule has 9 nitrogen and oxygen atoms in total. The molecular formula is C21H25N3O6S. The third-order valence-electron chi connectivity index (χ3n) is 4.25. The monoisotopic (exact) mass is 447 g/mol. The quantitative estimate of drug-likeness (QED) is 0.599. The van der Waals surface area contributed by atoms with Crippen molar-refractivity contribution < 1.29 is 27.5 Å². The van der Waals surface area contributed by atoms with E-state index < -0.39 is 34.5 Å². The number of nitrogens with one attached hydrogen (secondary N) is 2. The highest BCUT2D eigenvalue weighted by atomic mass is 32.2. The number of amides is 3. The molecule has 0 bridgehead atoms. The van der Waals surface area contributed by atoms with Crippen LogP contribution >= 0.6 is 0 Å². The fourth-order valence-electron chi connectivity index (χ4n) is 2.79. The van der Waals surface area contributed by atoms with Gasteiger partial charge in [0.25, 0.3) is 15.9 Å². The number of sulfonamides is 1. The number of nitrogens with zero attached hydrogens (tertiary/aromatic N) is 1. The molecule has 2 rings (SSSR count). The molecule has 166 valence electrons. The Balaban J connectivity index is 2.22. The number of imide groups is 1. The topological polar surface area (TPSA) is 122 Å². The first-order chi connectivity index (χ1) is 14.7. The molecule has 2 N–H and O–H groups in total. The molecule has 0 aromatic heterocycles. The maximum absolute atomic E-state index is 13.3. The zero-order valence-electron chi connectivity index (χ0n) is 17.5. The summed E-state index contributed by atoms with van der Waals surface area (Å²) in [5.41, 5.74) is 0.929. The molecule has 3 amide bonds. The number of hydrogen-bond donors (Lipinski definition) is 2. The molecule has 0 aliphatic carbocycles. The number of anilines is 1. The summed E-state index contributed by atoms with van der Waals surface area (Å²) >= 11 is 0. The van der Waals surface area contributed by atoms with Gasteiger partial charge in [-0.2, -0.15) is 0 Å². The van der Waals surface area contributed by atoms with Gasteiger partial charge in [0.05, 0.1) is 16.1 Å². The number of para-hydroxylation sites is 1. The van der Waals surface area contributed by atoms with E-state index >= 15 is 0 Å². The number of hydrogen-bond acceptors (Lipinski definition) is 6. The van der Waals surface area contributed by atoms with Gasteiger partial charge in [-0.05, 0) is 50.6 Å². The van der Waals surface area contributed by atoms with Crippen LogP contribution in [0.4, 0.5) is 10.5 Å². The van der Waals surface area contributed by atoms with E-state index in [-0.39, 0.29) is 17.0 Å². The van der Waals surface area contributed by atoms with Gasteiger partial charge >= 0.3 is 12.0 Å². The molecule has 0 saturated heterocycles. The number of ether oxygens (including phenoxy) is 1. The Morgan fingerprint density at radius 1 is 1.03 bits per heavy atom. The summed E-state index contributed by atoms with van der Waals surface area (Å²) in [6, 6.07) is 12.1. The summed E-state index contributed by atoms with van der Waals surface area (Å²) in [6.07, 6.45) is 0. The van der Waals surface area contributed by atoms with Crippen LogP contribution in [0.3, 0.4) is 0 Å². The molecule has 2 aromatic rings. The van der Waals surface area contributed by atoms with E-state index in [2.05, 4.69) is 5.32 Å². The summed E-state index contributed by atoms with van der Waals surface area (Å²) in [4.78, 5) is 35.3. The molecule has 0 radical (unpaired) electrons. The van der Waals surface area contributed by atoms with Crippen molar-refractivity contribution in [1.29, 1.82) is 0 Å². The number of aryl methyl sites for hydroxylation is 1. The first kappa shape index (κ1) is 23.9. The molecule has 0 heterocycles. The molecular weight excluding hydrogens is 422 g/mol. The van der Waals surface area contributed by atoms with Gasteiger partial charge in [0, 0.05) is 13.1 Å². The molecule has 0 spiro atoms. The highest BCUT2D eigenvalue weighted by molar-refractivity contribution is 7.92. The Hall–Kier alpha value is -3.40. The maximum atomic E-state index is 13.3. The van der Waals surface area contributed by atoms with E-state index in [0.29, 0.717) is 17.8 Å². The minimum absolute atomic E-state index is 0.0286. The van der Waals surface area contributed by atoms with Gasteiger partial charge in [-0.25, -0.2) is 18.0 Å². The lowest BCUT2D eigenvalue weighted by molar-refractivity contribution is -0.123. The van der Waals surface area contributed by atoms with Crippen LogP contribution in [0.1, 0.15) is 29.8 Å². The van der Waals surface area contributed by atoms with Crippen LogP contribution in [-0.2, 0) is 19.6 Å². The Morgan fingerprint density at radius 3 is 2.32 bits per heavy atom. The summed E-state index contributed by atoms with van der Waals surface area (Å²) in [5.74, 6) is -1.69. The lowest BCUT2D eigenvalue weighted by Crippen LogP contribution is -2.41. The fraction of sp³-hybridized carbons (Fsp3) is 0.286. The van der Waals surface area contributed by atoms with Crippen LogP contribution in [0, 0.1) is 6.92 Å². The minimum atomic E-state index is -3.95. The maximum Gasteiger partial charge on any atom is 0.338 e. The SMILES string of the molecule is CCNC(=O)NC(=O)COC(=O)c1ccc(C)c(S(=O)(=O)N(CC)c2ccccc2)c1. The largest absolute Gasteiger partial charge is 0.452 e. The molecule has 31 heavy (non-hydrogen) atoms.